The van der Waals surface area contributed by atoms with Gasteiger partial charge in [0.05, 0.1) is 0 Å². The van der Waals surface area contributed by atoms with Gasteiger partial charge in [0.15, 0.2) is 5.82 Å². The first-order chi connectivity index (χ1) is 9.28. The maximum atomic E-state index is 9.93. The van der Waals surface area contributed by atoms with E-state index in [0.29, 0.717) is 5.92 Å². The molecule has 0 bridgehead atoms. The van der Waals surface area contributed by atoms with Crippen molar-refractivity contribution >= 4 is 0 Å². The summed E-state index contributed by atoms with van der Waals surface area (Å²) in [5, 5.41) is 18.4. The van der Waals surface area contributed by atoms with Gasteiger partial charge in [0.25, 0.3) is 0 Å². The van der Waals surface area contributed by atoms with Crippen molar-refractivity contribution in [1.29, 1.82) is 0 Å². The Morgan fingerprint density at radius 1 is 1.21 bits per heavy atom. The van der Waals surface area contributed by atoms with Crippen LogP contribution in [0.15, 0.2) is 0 Å². The van der Waals surface area contributed by atoms with E-state index in [-0.39, 0.29) is 0 Å². The van der Waals surface area contributed by atoms with E-state index in [1.54, 1.807) is 0 Å². The highest BCUT2D eigenvalue weighted by Crippen LogP contribution is 2.26. The van der Waals surface area contributed by atoms with Crippen molar-refractivity contribution in [2.45, 2.75) is 51.7 Å². The highest BCUT2D eigenvalue weighted by Gasteiger charge is 2.26. The Balaban J connectivity index is 1.70. The Morgan fingerprint density at radius 3 is 2.89 bits per heavy atom. The van der Waals surface area contributed by atoms with Gasteiger partial charge in [-0.15, -0.1) is 10.2 Å². The van der Waals surface area contributed by atoms with Crippen molar-refractivity contribution in [1.82, 2.24) is 19.7 Å². The third-order valence-electron chi connectivity index (χ3n) is 4.53. The van der Waals surface area contributed by atoms with Crippen molar-refractivity contribution < 1.29 is 5.11 Å². The van der Waals surface area contributed by atoms with Crippen LogP contribution < -0.4 is 0 Å². The number of aliphatic hydroxyl groups is 1. The second kappa shape index (κ2) is 5.59. The number of rotatable bonds is 3. The average Bonchev–Trinajstić information content (AvgIpc) is 2.84. The molecule has 3 heterocycles. The minimum Gasteiger partial charge on any atom is -0.385 e. The number of hydrogen-bond donors (Lipinski definition) is 1. The molecule has 2 atom stereocenters. The molecule has 2 unspecified atom stereocenters. The van der Waals surface area contributed by atoms with Crippen LogP contribution in [0.1, 0.15) is 50.4 Å². The van der Waals surface area contributed by atoms with Gasteiger partial charge in [0, 0.05) is 19.5 Å². The summed E-state index contributed by atoms with van der Waals surface area (Å²) in [6.45, 7) is 6.77. The van der Waals surface area contributed by atoms with E-state index in [1.807, 2.05) is 0 Å². The molecule has 5 nitrogen and oxygen atoms in total. The third-order valence-corrected chi connectivity index (χ3v) is 4.53. The van der Waals surface area contributed by atoms with Crippen LogP contribution in [-0.4, -0.2) is 44.4 Å². The standard InChI is InChI=1S/C14H24N4O/c1-2-17-7-3-5-11(10-17)9-13-15-16-14-12(19)6-4-8-18(13)14/h11-12,19H,2-10H2,1H3. The van der Waals surface area contributed by atoms with Gasteiger partial charge in [0.1, 0.15) is 11.9 Å². The SMILES string of the molecule is CCN1CCCC(Cc2nnc3n2CCCC3O)C1. The lowest BCUT2D eigenvalue weighted by molar-refractivity contribution is 0.132. The van der Waals surface area contributed by atoms with Gasteiger partial charge >= 0.3 is 0 Å². The van der Waals surface area contributed by atoms with Gasteiger partial charge in [-0.05, 0) is 44.7 Å². The van der Waals surface area contributed by atoms with Crippen molar-refractivity contribution in [3.05, 3.63) is 11.6 Å². The smallest absolute Gasteiger partial charge is 0.161 e. The quantitative estimate of drug-likeness (QED) is 0.896. The molecular weight excluding hydrogens is 240 g/mol. The van der Waals surface area contributed by atoms with Gasteiger partial charge in [-0.1, -0.05) is 6.92 Å². The van der Waals surface area contributed by atoms with Crippen LogP contribution in [0.3, 0.4) is 0 Å². The summed E-state index contributed by atoms with van der Waals surface area (Å²) in [4.78, 5) is 2.52. The van der Waals surface area contributed by atoms with Crippen LogP contribution in [0.5, 0.6) is 0 Å². The first kappa shape index (κ1) is 13.1. The van der Waals surface area contributed by atoms with Crippen molar-refractivity contribution in [3.8, 4) is 0 Å². The minimum absolute atomic E-state index is 0.409. The molecule has 2 aliphatic heterocycles. The molecule has 0 aromatic carbocycles. The molecule has 0 spiro atoms. The second-order valence-corrected chi connectivity index (χ2v) is 5.89. The molecule has 1 saturated heterocycles. The summed E-state index contributed by atoms with van der Waals surface area (Å²) < 4.78 is 2.15. The fourth-order valence-corrected chi connectivity index (χ4v) is 3.43. The lowest BCUT2D eigenvalue weighted by atomic mass is 9.94. The van der Waals surface area contributed by atoms with Crippen LogP contribution in [0.2, 0.25) is 0 Å². The van der Waals surface area contributed by atoms with Gasteiger partial charge in [-0.2, -0.15) is 0 Å². The van der Waals surface area contributed by atoms with Crippen LogP contribution >= 0.6 is 0 Å². The predicted molar refractivity (Wildman–Crippen MR) is 72.8 cm³/mol. The maximum Gasteiger partial charge on any atom is 0.161 e. The zero-order valence-electron chi connectivity index (χ0n) is 11.8. The summed E-state index contributed by atoms with van der Waals surface area (Å²) in [6, 6.07) is 0. The highest BCUT2D eigenvalue weighted by molar-refractivity contribution is 5.03. The Labute approximate surface area is 114 Å². The zero-order valence-corrected chi connectivity index (χ0v) is 11.8. The first-order valence-corrected chi connectivity index (χ1v) is 7.60. The van der Waals surface area contributed by atoms with Crippen molar-refractivity contribution in [2.75, 3.05) is 19.6 Å². The molecular formula is C14H24N4O. The molecule has 2 aliphatic rings. The number of nitrogens with zero attached hydrogens (tertiary/aromatic N) is 4. The van der Waals surface area contributed by atoms with Gasteiger partial charge < -0.3 is 14.6 Å². The molecule has 19 heavy (non-hydrogen) atoms. The summed E-state index contributed by atoms with van der Waals surface area (Å²) >= 11 is 0. The molecule has 1 fully saturated rings. The normalized spacial score (nSPS) is 28.3. The molecule has 5 heteroatoms. The van der Waals surface area contributed by atoms with E-state index in [0.717, 1.165) is 44.0 Å². The first-order valence-electron chi connectivity index (χ1n) is 7.60. The number of hydrogen-bond acceptors (Lipinski definition) is 4. The van der Waals surface area contributed by atoms with Crippen molar-refractivity contribution in [3.63, 3.8) is 0 Å². The third kappa shape index (κ3) is 2.67. The van der Waals surface area contributed by atoms with Crippen LogP contribution in [0, 0.1) is 5.92 Å². The molecule has 1 aromatic rings. The van der Waals surface area contributed by atoms with E-state index < -0.39 is 6.10 Å². The summed E-state index contributed by atoms with van der Waals surface area (Å²) in [7, 11) is 0. The van der Waals surface area contributed by atoms with Gasteiger partial charge in [-0.3, -0.25) is 0 Å². The van der Waals surface area contributed by atoms with E-state index >= 15 is 0 Å². The van der Waals surface area contributed by atoms with E-state index in [4.69, 9.17) is 0 Å². The van der Waals surface area contributed by atoms with Gasteiger partial charge in [-0.25, -0.2) is 0 Å². The Hall–Kier alpha value is -0.940. The zero-order chi connectivity index (χ0) is 13.2. The highest BCUT2D eigenvalue weighted by atomic mass is 16.3. The Morgan fingerprint density at radius 2 is 2.05 bits per heavy atom. The predicted octanol–water partition coefficient (Wildman–Crippen LogP) is 1.38. The number of aliphatic hydroxyl groups excluding tert-OH is 1. The molecule has 0 aliphatic carbocycles. The number of fused-ring (bicyclic) bond motifs is 1. The molecule has 1 aromatic heterocycles. The van der Waals surface area contributed by atoms with E-state index in [2.05, 4.69) is 26.6 Å². The molecule has 0 radical (unpaired) electrons. The van der Waals surface area contributed by atoms with Gasteiger partial charge in [0.2, 0.25) is 0 Å². The fraction of sp³-hybridized carbons (Fsp3) is 0.857. The lowest BCUT2D eigenvalue weighted by Crippen LogP contribution is -2.36. The molecule has 106 valence electrons. The molecule has 1 N–H and O–H groups in total. The minimum atomic E-state index is -0.409. The van der Waals surface area contributed by atoms with Crippen molar-refractivity contribution in [2.24, 2.45) is 5.92 Å². The van der Waals surface area contributed by atoms with Crippen LogP contribution in [-0.2, 0) is 13.0 Å². The Kier molecular flexibility index (Phi) is 3.84. The average molecular weight is 264 g/mol. The van der Waals surface area contributed by atoms with E-state index in [9.17, 15) is 5.11 Å². The topological polar surface area (TPSA) is 54.2 Å². The summed E-state index contributed by atoms with van der Waals surface area (Å²) in [6.07, 6.45) is 5.05. The molecule has 0 saturated carbocycles. The largest absolute Gasteiger partial charge is 0.385 e. The number of likely N-dealkylation sites (tertiary alicyclic amines) is 1. The van der Waals surface area contributed by atoms with E-state index in [1.165, 1.54) is 25.9 Å². The lowest BCUT2D eigenvalue weighted by Gasteiger charge is -2.31. The van der Waals surface area contributed by atoms with Crippen LogP contribution in [0.25, 0.3) is 0 Å². The second-order valence-electron chi connectivity index (χ2n) is 5.89. The number of aromatic nitrogens is 3. The fourth-order valence-electron chi connectivity index (χ4n) is 3.43. The summed E-state index contributed by atoms with van der Waals surface area (Å²) in [5.74, 6) is 2.56. The molecule has 0 amide bonds. The summed E-state index contributed by atoms with van der Waals surface area (Å²) in [5.41, 5.74) is 0. The molecule has 3 rings (SSSR count). The monoisotopic (exact) mass is 264 g/mol. The Bertz CT molecular complexity index is 431. The number of piperidine rings is 1. The van der Waals surface area contributed by atoms with Crippen LogP contribution in [0.4, 0.5) is 0 Å². The maximum absolute atomic E-state index is 9.93.